The van der Waals surface area contributed by atoms with Gasteiger partial charge in [-0.2, -0.15) is 0 Å². The van der Waals surface area contributed by atoms with Crippen molar-refractivity contribution in [1.82, 2.24) is 15.5 Å². The van der Waals surface area contributed by atoms with Crippen molar-refractivity contribution in [2.45, 2.75) is 19.5 Å². The highest BCUT2D eigenvalue weighted by atomic mass is 16.5. The molecule has 2 rings (SSSR count). The normalized spacial score (nSPS) is 21.3. The van der Waals surface area contributed by atoms with E-state index in [1.807, 2.05) is 26.2 Å². The third-order valence-electron chi connectivity index (χ3n) is 4.19. The van der Waals surface area contributed by atoms with Crippen molar-refractivity contribution in [2.75, 3.05) is 40.9 Å². The van der Waals surface area contributed by atoms with E-state index in [0.717, 1.165) is 19.5 Å². The molecule has 1 atom stereocenters. The first-order valence-electron chi connectivity index (χ1n) is 7.77. The largest absolute Gasteiger partial charge is 0.384 e. The van der Waals surface area contributed by atoms with Crippen LogP contribution in [0.5, 0.6) is 0 Å². The molecule has 1 saturated heterocycles. The molecule has 2 N–H and O–H groups in total. The summed E-state index contributed by atoms with van der Waals surface area (Å²) in [6.07, 6.45) is 0.825. The van der Waals surface area contributed by atoms with Crippen LogP contribution in [0.3, 0.4) is 0 Å². The number of amides is 1. The molecule has 1 aliphatic rings. The van der Waals surface area contributed by atoms with Gasteiger partial charge in [-0.1, -0.05) is 24.3 Å². The molecule has 5 heteroatoms. The fourth-order valence-electron chi connectivity index (χ4n) is 2.99. The molecular weight excluding hydrogens is 278 g/mol. The number of nitrogens with one attached hydrogen (secondary N) is 2. The SMILES string of the molecule is COCC1(C(=O)NCc2ccccc2CN(C)C)CCNC1. The molecule has 22 heavy (non-hydrogen) atoms. The number of ether oxygens (including phenoxy) is 1. The first-order chi connectivity index (χ1) is 10.6. The zero-order valence-electron chi connectivity index (χ0n) is 13.8. The minimum absolute atomic E-state index is 0.0824. The molecule has 1 aromatic carbocycles. The van der Waals surface area contributed by atoms with Crippen molar-refractivity contribution in [3.63, 3.8) is 0 Å². The Hall–Kier alpha value is -1.43. The lowest BCUT2D eigenvalue weighted by atomic mass is 9.87. The molecule has 1 heterocycles. The zero-order valence-corrected chi connectivity index (χ0v) is 13.8. The highest BCUT2D eigenvalue weighted by Gasteiger charge is 2.41. The van der Waals surface area contributed by atoms with E-state index in [0.29, 0.717) is 19.7 Å². The molecule has 0 aliphatic carbocycles. The molecule has 122 valence electrons. The molecular formula is C17H27N3O2. The van der Waals surface area contributed by atoms with E-state index in [9.17, 15) is 4.79 Å². The number of methoxy groups -OCH3 is 1. The molecule has 1 unspecified atom stereocenters. The maximum Gasteiger partial charge on any atom is 0.230 e. The van der Waals surface area contributed by atoms with Crippen LogP contribution >= 0.6 is 0 Å². The van der Waals surface area contributed by atoms with E-state index in [1.165, 1.54) is 11.1 Å². The summed E-state index contributed by atoms with van der Waals surface area (Å²) in [6, 6.07) is 8.25. The average Bonchev–Trinajstić information content (AvgIpc) is 2.96. The van der Waals surface area contributed by atoms with Crippen LogP contribution < -0.4 is 10.6 Å². The van der Waals surface area contributed by atoms with Crippen LogP contribution in [0.1, 0.15) is 17.5 Å². The van der Waals surface area contributed by atoms with Crippen LogP contribution in [0.15, 0.2) is 24.3 Å². The number of carbonyl (C=O) groups is 1. The minimum Gasteiger partial charge on any atom is -0.384 e. The summed E-state index contributed by atoms with van der Waals surface area (Å²) in [5.74, 6) is 0.0824. The first-order valence-corrected chi connectivity index (χ1v) is 7.77. The molecule has 0 radical (unpaired) electrons. The van der Waals surface area contributed by atoms with E-state index >= 15 is 0 Å². The summed E-state index contributed by atoms with van der Waals surface area (Å²) in [5.41, 5.74) is 1.99. The van der Waals surface area contributed by atoms with Crippen LogP contribution in [0, 0.1) is 5.41 Å². The standard InChI is InChI=1S/C17H27N3O2/c1-20(2)11-15-7-5-4-6-14(15)10-19-16(21)17(13-22-3)8-9-18-12-17/h4-7,18H,8-13H2,1-3H3,(H,19,21). The van der Waals surface area contributed by atoms with E-state index in [1.54, 1.807) is 7.11 Å². The maximum atomic E-state index is 12.6. The molecule has 5 nitrogen and oxygen atoms in total. The van der Waals surface area contributed by atoms with Gasteiger partial charge in [0.1, 0.15) is 0 Å². The zero-order chi connectivity index (χ0) is 16.0. The summed E-state index contributed by atoms with van der Waals surface area (Å²) >= 11 is 0. The minimum atomic E-state index is -0.425. The molecule has 1 amide bonds. The number of nitrogens with zero attached hydrogens (tertiary/aromatic N) is 1. The van der Waals surface area contributed by atoms with Gasteiger partial charge in [0.15, 0.2) is 0 Å². The first kappa shape index (κ1) is 16.9. The fourth-order valence-corrected chi connectivity index (χ4v) is 2.99. The molecule has 0 saturated carbocycles. The van der Waals surface area contributed by atoms with E-state index in [4.69, 9.17) is 4.74 Å². The second kappa shape index (κ2) is 7.72. The quantitative estimate of drug-likeness (QED) is 0.789. The molecule has 0 aromatic heterocycles. The predicted molar refractivity (Wildman–Crippen MR) is 87.5 cm³/mol. The number of hydrogen-bond donors (Lipinski definition) is 2. The van der Waals surface area contributed by atoms with Crippen molar-refractivity contribution in [3.05, 3.63) is 35.4 Å². The Bertz CT molecular complexity index is 496. The van der Waals surface area contributed by atoms with Crippen LogP contribution in [0.4, 0.5) is 0 Å². The molecule has 0 spiro atoms. The summed E-state index contributed by atoms with van der Waals surface area (Å²) in [7, 11) is 5.75. The Morgan fingerprint density at radius 3 is 2.68 bits per heavy atom. The number of benzene rings is 1. The third-order valence-corrected chi connectivity index (χ3v) is 4.19. The van der Waals surface area contributed by atoms with E-state index in [2.05, 4.69) is 27.7 Å². The van der Waals surface area contributed by atoms with Gasteiger partial charge in [-0.15, -0.1) is 0 Å². The Morgan fingerprint density at radius 2 is 2.09 bits per heavy atom. The summed E-state index contributed by atoms with van der Waals surface area (Å²) in [5, 5.41) is 6.37. The van der Waals surface area contributed by atoms with Gasteiger partial charge in [0.25, 0.3) is 0 Å². The van der Waals surface area contributed by atoms with Crippen LogP contribution in [-0.2, 0) is 22.6 Å². The average molecular weight is 305 g/mol. The number of rotatable bonds is 7. The smallest absolute Gasteiger partial charge is 0.230 e. The second-order valence-corrected chi connectivity index (χ2v) is 6.33. The molecule has 0 bridgehead atoms. The monoisotopic (exact) mass is 305 g/mol. The Kier molecular flexibility index (Phi) is 5.94. The van der Waals surface area contributed by atoms with Crippen LogP contribution in [0.25, 0.3) is 0 Å². The van der Waals surface area contributed by atoms with Crippen molar-refractivity contribution in [3.8, 4) is 0 Å². The van der Waals surface area contributed by atoms with Crippen LogP contribution in [0.2, 0.25) is 0 Å². The van der Waals surface area contributed by atoms with Gasteiger partial charge >= 0.3 is 0 Å². The summed E-state index contributed by atoms with van der Waals surface area (Å²) in [4.78, 5) is 14.8. The molecule has 1 aromatic rings. The van der Waals surface area contributed by atoms with Gasteiger partial charge in [0.05, 0.1) is 12.0 Å². The fraction of sp³-hybridized carbons (Fsp3) is 0.588. The lowest BCUT2D eigenvalue weighted by Crippen LogP contribution is -2.45. The van der Waals surface area contributed by atoms with Gasteiger partial charge in [0, 0.05) is 26.7 Å². The molecule has 1 aliphatic heterocycles. The van der Waals surface area contributed by atoms with Crippen molar-refractivity contribution >= 4 is 5.91 Å². The maximum absolute atomic E-state index is 12.6. The van der Waals surface area contributed by atoms with Gasteiger partial charge in [-0.25, -0.2) is 0 Å². The third kappa shape index (κ3) is 4.06. The lowest BCUT2D eigenvalue weighted by Gasteiger charge is -2.26. The number of carbonyl (C=O) groups excluding carboxylic acids is 1. The highest BCUT2D eigenvalue weighted by molar-refractivity contribution is 5.83. The highest BCUT2D eigenvalue weighted by Crippen LogP contribution is 2.26. The molecule has 1 fully saturated rings. The Labute approximate surface area is 133 Å². The van der Waals surface area contributed by atoms with Gasteiger partial charge in [-0.3, -0.25) is 4.79 Å². The Morgan fingerprint density at radius 1 is 1.36 bits per heavy atom. The predicted octanol–water partition coefficient (Wildman–Crippen LogP) is 0.991. The van der Waals surface area contributed by atoms with Crippen molar-refractivity contribution in [1.29, 1.82) is 0 Å². The lowest BCUT2D eigenvalue weighted by molar-refractivity contribution is -0.133. The van der Waals surface area contributed by atoms with Gasteiger partial charge in [-0.05, 0) is 38.2 Å². The number of hydrogen-bond acceptors (Lipinski definition) is 4. The topological polar surface area (TPSA) is 53.6 Å². The van der Waals surface area contributed by atoms with Crippen molar-refractivity contribution < 1.29 is 9.53 Å². The second-order valence-electron chi connectivity index (χ2n) is 6.33. The van der Waals surface area contributed by atoms with Crippen molar-refractivity contribution in [2.24, 2.45) is 5.41 Å². The van der Waals surface area contributed by atoms with Gasteiger partial charge in [0.2, 0.25) is 5.91 Å². The van der Waals surface area contributed by atoms with Crippen LogP contribution in [-0.4, -0.2) is 51.7 Å². The van der Waals surface area contributed by atoms with Gasteiger partial charge < -0.3 is 20.3 Å². The van der Waals surface area contributed by atoms with E-state index < -0.39 is 5.41 Å². The Balaban J connectivity index is 2.01. The summed E-state index contributed by atoms with van der Waals surface area (Å²) in [6.45, 7) is 3.45. The summed E-state index contributed by atoms with van der Waals surface area (Å²) < 4.78 is 5.27. The van der Waals surface area contributed by atoms with E-state index in [-0.39, 0.29) is 5.91 Å².